The molecule has 1 aliphatic heterocycles. The third-order valence-electron chi connectivity index (χ3n) is 3.13. The van der Waals surface area contributed by atoms with Crippen molar-refractivity contribution in [2.75, 3.05) is 20.1 Å². The number of aliphatic hydroxyl groups is 1. The molecular weight excluding hydrogens is 206 g/mol. The predicted molar refractivity (Wildman–Crippen MR) is 60.2 cm³/mol. The summed E-state index contributed by atoms with van der Waals surface area (Å²) >= 11 is 0. The molecule has 2 N–H and O–H groups in total. The molecule has 1 saturated heterocycles. The van der Waals surface area contributed by atoms with Gasteiger partial charge in [0.1, 0.15) is 5.69 Å². The molecule has 0 aromatic carbocycles. The SMILES string of the molecule is CN(C(=O)c1cccn1C)[C@@H]1CNC[C@H]1O. The van der Waals surface area contributed by atoms with E-state index in [0.29, 0.717) is 18.8 Å². The molecule has 88 valence electrons. The van der Waals surface area contributed by atoms with Gasteiger partial charge in [0.25, 0.3) is 5.91 Å². The van der Waals surface area contributed by atoms with Crippen molar-refractivity contribution in [1.82, 2.24) is 14.8 Å². The standard InChI is InChI=1S/C11H17N3O2/c1-13-5-3-4-8(13)11(16)14(2)9-6-12-7-10(9)15/h3-5,9-10,12,15H,6-7H2,1-2H3/t9-,10-/m1/s1. The number of hydrogen-bond acceptors (Lipinski definition) is 3. The number of aromatic nitrogens is 1. The van der Waals surface area contributed by atoms with E-state index in [1.54, 1.807) is 22.6 Å². The molecule has 0 saturated carbocycles. The smallest absolute Gasteiger partial charge is 0.270 e. The van der Waals surface area contributed by atoms with E-state index in [9.17, 15) is 9.90 Å². The van der Waals surface area contributed by atoms with Gasteiger partial charge in [-0.15, -0.1) is 0 Å². The minimum Gasteiger partial charge on any atom is -0.390 e. The zero-order valence-corrected chi connectivity index (χ0v) is 9.55. The average Bonchev–Trinajstić information content (AvgIpc) is 2.85. The molecule has 1 aliphatic rings. The number of nitrogens with zero attached hydrogens (tertiary/aromatic N) is 2. The monoisotopic (exact) mass is 223 g/mol. The lowest BCUT2D eigenvalue weighted by Crippen LogP contribution is -2.44. The fourth-order valence-corrected chi connectivity index (χ4v) is 2.06. The summed E-state index contributed by atoms with van der Waals surface area (Å²) < 4.78 is 1.79. The van der Waals surface area contributed by atoms with Crippen molar-refractivity contribution < 1.29 is 9.90 Å². The van der Waals surface area contributed by atoms with E-state index < -0.39 is 6.10 Å². The highest BCUT2D eigenvalue weighted by Gasteiger charge is 2.32. The van der Waals surface area contributed by atoms with Crippen molar-refractivity contribution in [2.45, 2.75) is 12.1 Å². The van der Waals surface area contributed by atoms with Gasteiger partial charge < -0.3 is 19.9 Å². The number of amides is 1. The molecule has 0 aliphatic carbocycles. The van der Waals surface area contributed by atoms with E-state index in [0.717, 1.165) is 0 Å². The van der Waals surface area contributed by atoms with Gasteiger partial charge in [0.15, 0.2) is 0 Å². The van der Waals surface area contributed by atoms with Crippen LogP contribution >= 0.6 is 0 Å². The molecule has 5 heteroatoms. The zero-order valence-electron chi connectivity index (χ0n) is 9.55. The molecule has 0 bridgehead atoms. The Hall–Kier alpha value is -1.33. The molecule has 0 spiro atoms. The van der Waals surface area contributed by atoms with Gasteiger partial charge in [-0.25, -0.2) is 0 Å². The van der Waals surface area contributed by atoms with Gasteiger partial charge in [-0.2, -0.15) is 0 Å². The average molecular weight is 223 g/mol. The first kappa shape index (κ1) is 11.2. The van der Waals surface area contributed by atoms with Crippen LogP contribution in [0.4, 0.5) is 0 Å². The Labute approximate surface area is 94.7 Å². The van der Waals surface area contributed by atoms with Crippen LogP contribution < -0.4 is 5.32 Å². The van der Waals surface area contributed by atoms with E-state index in [1.165, 1.54) is 0 Å². The maximum absolute atomic E-state index is 12.1. The van der Waals surface area contributed by atoms with Gasteiger partial charge in [0.05, 0.1) is 12.1 Å². The fourth-order valence-electron chi connectivity index (χ4n) is 2.06. The molecule has 2 rings (SSSR count). The summed E-state index contributed by atoms with van der Waals surface area (Å²) in [6.07, 6.45) is 1.36. The Morgan fingerprint density at radius 2 is 2.38 bits per heavy atom. The Bertz CT molecular complexity index is 388. The number of β-amino-alcohol motifs (C(OH)–C–C–N with tert-alkyl or cyclic N) is 1. The van der Waals surface area contributed by atoms with Gasteiger partial charge >= 0.3 is 0 Å². The van der Waals surface area contributed by atoms with Gasteiger partial charge in [-0.1, -0.05) is 0 Å². The summed E-state index contributed by atoms with van der Waals surface area (Å²) in [4.78, 5) is 13.7. The van der Waals surface area contributed by atoms with E-state index in [1.807, 2.05) is 19.3 Å². The predicted octanol–water partition coefficient (Wildman–Crippen LogP) is -0.570. The summed E-state index contributed by atoms with van der Waals surface area (Å²) in [5.74, 6) is -0.0553. The number of carbonyl (C=O) groups excluding carboxylic acids is 1. The number of hydrogen-bond donors (Lipinski definition) is 2. The number of likely N-dealkylation sites (N-methyl/N-ethyl adjacent to an activating group) is 1. The minimum atomic E-state index is -0.478. The zero-order chi connectivity index (χ0) is 11.7. The van der Waals surface area contributed by atoms with Gasteiger partial charge in [0.2, 0.25) is 0 Å². The lowest BCUT2D eigenvalue weighted by atomic mass is 10.2. The topological polar surface area (TPSA) is 57.5 Å². The second-order valence-electron chi connectivity index (χ2n) is 4.21. The lowest BCUT2D eigenvalue weighted by Gasteiger charge is -2.26. The number of rotatable bonds is 2. The highest BCUT2D eigenvalue weighted by atomic mass is 16.3. The minimum absolute atomic E-state index is 0.0553. The first-order valence-corrected chi connectivity index (χ1v) is 5.38. The molecule has 16 heavy (non-hydrogen) atoms. The molecule has 1 amide bonds. The van der Waals surface area contributed by atoms with Crippen molar-refractivity contribution in [3.8, 4) is 0 Å². The van der Waals surface area contributed by atoms with Gasteiger partial charge in [-0.3, -0.25) is 4.79 Å². The number of aliphatic hydroxyl groups excluding tert-OH is 1. The number of carbonyl (C=O) groups is 1. The first-order chi connectivity index (χ1) is 7.61. The van der Waals surface area contributed by atoms with Gasteiger partial charge in [0, 0.05) is 33.4 Å². The highest BCUT2D eigenvalue weighted by Crippen LogP contribution is 2.12. The summed E-state index contributed by atoms with van der Waals surface area (Å²) in [5.41, 5.74) is 0.640. The van der Waals surface area contributed by atoms with Crippen LogP contribution in [-0.2, 0) is 7.05 Å². The van der Waals surface area contributed by atoms with Crippen molar-refractivity contribution in [2.24, 2.45) is 7.05 Å². The van der Waals surface area contributed by atoms with E-state index in [-0.39, 0.29) is 11.9 Å². The summed E-state index contributed by atoms with van der Waals surface area (Å²) in [6, 6.07) is 3.49. The first-order valence-electron chi connectivity index (χ1n) is 5.38. The van der Waals surface area contributed by atoms with Crippen LogP contribution in [0.25, 0.3) is 0 Å². The molecule has 0 unspecified atom stereocenters. The lowest BCUT2D eigenvalue weighted by molar-refractivity contribution is 0.0572. The second-order valence-corrected chi connectivity index (χ2v) is 4.21. The summed E-state index contributed by atoms with van der Waals surface area (Å²) in [7, 11) is 3.57. The normalized spacial score (nSPS) is 24.7. The Kier molecular flexibility index (Phi) is 2.98. The van der Waals surface area contributed by atoms with E-state index >= 15 is 0 Å². The van der Waals surface area contributed by atoms with Crippen molar-refractivity contribution >= 4 is 5.91 Å². The summed E-state index contributed by atoms with van der Waals surface area (Å²) in [5, 5.41) is 12.8. The number of nitrogens with one attached hydrogen (secondary N) is 1. The largest absolute Gasteiger partial charge is 0.390 e. The third-order valence-corrected chi connectivity index (χ3v) is 3.13. The summed E-state index contributed by atoms with van der Waals surface area (Å²) in [6.45, 7) is 1.20. The molecule has 1 aromatic heterocycles. The van der Waals surface area contributed by atoms with Crippen LogP contribution in [0, 0.1) is 0 Å². The van der Waals surface area contributed by atoms with Crippen molar-refractivity contribution in [1.29, 1.82) is 0 Å². The Balaban J connectivity index is 2.13. The molecule has 2 heterocycles. The second kappa shape index (κ2) is 4.27. The highest BCUT2D eigenvalue weighted by molar-refractivity contribution is 5.92. The van der Waals surface area contributed by atoms with Crippen LogP contribution in [-0.4, -0.2) is 52.8 Å². The third kappa shape index (κ3) is 1.83. The molecule has 1 aromatic rings. The Morgan fingerprint density at radius 3 is 2.88 bits per heavy atom. The van der Waals surface area contributed by atoms with Crippen LogP contribution in [0.3, 0.4) is 0 Å². The maximum atomic E-state index is 12.1. The Morgan fingerprint density at radius 1 is 1.62 bits per heavy atom. The number of aryl methyl sites for hydroxylation is 1. The molecule has 0 radical (unpaired) electrons. The van der Waals surface area contributed by atoms with Gasteiger partial charge in [-0.05, 0) is 12.1 Å². The van der Waals surface area contributed by atoms with Crippen LogP contribution in [0.2, 0.25) is 0 Å². The van der Waals surface area contributed by atoms with E-state index in [2.05, 4.69) is 5.32 Å². The van der Waals surface area contributed by atoms with Crippen LogP contribution in [0.1, 0.15) is 10.5 Å². The van der Waals surface area contributed by atoms with Crippen molar-refractivity contribution in [3.63, 3.8) is 0 Å². The molecule has 5 nitrogen and oxygen atoms in total. The molecule has 2 atom stereocenters. The quantitative estimate of drug-likeness (QED) is 0.706. The molecule has 1 fully saturated rings. The van der Waals surface area contributed by atoms with Crippen molar-refractivity contribution in [3.05, 3.63) is 24.0 Å². The fraction of sp³-hybridized carbons (Fsp3) is 0.545. The maximum Gasteiger partial charge on any atom is 0.270 e. The van der Waals surface area contributed by atoms with Crippen LogP contribution in [0.15, 0.2) is 18.3 Å². The van der Waals surface area contributed by atoms with E-state index in [4.69, 9.17) is 0 Å². The molecular formula is C11H17N3O2. The van der Waals surface area contributed by atoms with Crippen LogP contribution in [0.5, 0.6) is 0 Å².